The number of nitrogens with zero attached hydrogens (tertiary/aromatic N) is 5. The van der Waals surface area contributed by atoms with Gasteiger partial charge < -0.3 is 5.32 Å². The van der Waals surface area contributed by atoms with E-state index in [1.165, 1.54) is 18.4 Å². The van der Waals surface area contributed by atoms with Crippen LogP contribution in [0.25, 0.3) is 5.57 Å². The van der Waals surface area contributed by atoms with E-state index in [1.54, 1.807) is 12.5 Å². The van der Waals surface area contributed by atoms with Crippen molar-refractivity contribution in [3.8, 4) is 6.07 Å². The Morgan fingerprint density at radius 3 is 2.96 bits per heavy atom. The summed E-state index contributed by atoms with van der Waals surface area (Å²) < 4.78 is 0. The van der Waals surface area contributed by atoms with Crippen LogP contribution in [-0.2, 0) is 6.42 Å². The minimum atomic E-state index is 0.391. The molecule has 1 N–H and O–H groups in total. The second kappa shape index (κ2) is 7.26. The average Bonchev–Trinajstić information content (AvgIpc) is 3.27. The van der Waals surface area contributed by atoms with Crippen LogP contribution in [0.2, 0.25) is 0 Å². The van der Waals surface area contributed by atoms with Crippen molar-refractivity contribution in [2.75, 3.05) is 18.9 Å². The van der Waals surface area contributed by atoms with Crippen LogP contribution in [0.3, 0.4) is 0 Å². The molecule has 1 saturated carbocycles. The minimum absolute atomic E-state index is 0.391. The minimum Gasteiger partial charge on any atom is -0.369 e. The Kier molecular flexibility index (Phi) is 4.90. The zero-order valence-electron chi connectivity index (χ0n) is 14.0. The number of anilines is 1. The molecule has 6 nitrogen and oxygen atoms in total. The van der Waals surface area contributed by atoms with Crippen LogP contribution in [0, 0.1) is 11.3 Å². The molecular formula is C18H22N6. The predicted molar refractivity (Wildman–Crippen MR) is 95.2 cm³/mol. The van der Waals surface area contributed by atoms with Crippen molar-refractivity contribution in [3.05, 3.63) is 35.4 Å². The lowest BCUT2D eigenvalue weighted by Crippen LogP contribution is -2.13. The number of aromatic nitrogens is 2. The van der Waals surface area contributed by atoms with Crippen molar-refractivity contribution in [2.45, 2.75) is 38.5 Å². The molecule has 1 aliphatic carbocycles. The highest BCUT2D eigenvalue weighted by Crippen LogP contribution is 2.30. The summed E-state index contributed by atoms with van der Waals surface area (Å²) in [6.07, 6.45) is 9.13. The van der Waals surface area contributed by atoms with Gasteiger partial charge in [0.2, 0.25) is 0 Å². The van der Waals surface area contributed by atoms with Gasteiger partial charge in [0, 0.05) is 30.4 Å². The highest BCUT2D eigenvalue weighted by atomic mass is 15.4. The maximum absolute atomic E-state index is 9.10. The van der Waals surface area contributed by atoms with E-state index in [-0.39, 0.29) is 0 Å². The third kappa shape index (κ3) is 3.30. The summed E-state index contributed by atoms with van der Waals surface area (Å²) in [5.41, 5.74) is 5.08. The largest absolute Gasteiger partial charge is 0.369 e. The van der Waals surface area contributed by atoms with Gasteiger partial charge in [-0.25, -0.2) is 9.97 Å². The molecule has 2 aliphatic rings. The van der Waals surface area contributed by atoms with Crippen molar-refractivity contribution in [3.63, 3.8) is 0 Å². The number of allylic oxidation sites excluding steroid dienone is 3. The Morgan fingerprint density at radius 1 is 1.42 bits per heavy atom. The molecular weight excluding hydrogens is 300 g/mol. The summed E-state index contributed by atoms with van der Waals surface area (Å²) in [6.45, 7) is 4.98. The first kappa shape index (κ1) is 16.2. The van der Waals surface area contributed by atoms with E-state index in [2.05, 4.69) is 33.0 Å². The Balaban J connectivity index is 1.77. The third-order valence-corrected chi connectivity index (χ3v) is 4.56. The van der Waals surface area contributed by atoms with Crippen molar-refractivity contribution in [1.29, 1.82) is 5.26 Å². The molecule has 124 valence electrons. The van der Waals surface area contributed by atoms with Gasteiger partial charge >= 0.3 is 0 Å². The highest BCUT2D eigenvalue weighted by molar-refractivity contribution is 6.08. The first-order chi connectivity index (χ1) is 11.7. The predicted octanol–water partition coefficient (Wildman–Crippen LogP) is 3.12. The van der Waals surface area contributed by atoms with E-state index in [0.717, 1.165) is 54.2 Å². The fourth-order valence-corrected chi connectivity index (χ4v) is 3.30. The highest BCUT2D eigenvalue weighted by Gasteiger charge is 2.18. The van der Waals surface area contributed by atoms with Crippen molar-refractivity contribution < 1.29 is 0 Å². The number of rotatable bonds is 5. The number of hydrogen-bond acceptors (Lipinski definition) is 6. The SMILES string of the molecule is C=C(/C=N\N(C)C(CC#N)=C1CCCC1)c1ncnc2c1CCN2. The molecule has 6 heteroatoms. The van der Waals surface area contributed by atoms with Crippen molar-refractivity contribution in [1.82, 2.24) is 15.0 Å². The summed E-state index contributed by atoms with van der Waals surface area (Å²) in [6, 6.07) is 2.25. The third-order valence-electron chi connectivity index (χ3n) is 4.56. The van der Waals surface area contributed by atoms with Gasteiger partial charge in [0.05, 0.1) is 24.4 Å². The molecule has 1 aromatic heterocycles. The number of nitriles is 1. The van der Waals surface area contributed by atoms with E-state index in [4.69, 9.17) is 5.26 Å². The summed E-state index contributed by atoms with van der Waals surface area (Å²) in [4.78, 5) is 8.60. The maximum Gasteiger partial charge on any atom is 0.133 e. The fraction of sp³-hybridized carbons (Fsp3) is 0.444. The van der Waals surface area contributed by atoms with Crippen LogP contribution in [0.1, 0.15) is 43.4 Å². The van der Waals surface area contributed by atoms with Gasteiger partial charge in [-0.2, -0.15) is 10.4 Å². The Morgan fingerprint density at radius 2 is 2.21 bits per heavy atom. The zero-order valence-corrected chi connectivity index (χ0v) is 14.0. The van der Waals surface area contributed by atoms with E-state index in [0.29, 0.717) is 6.42 Å². The zero-order chi connectivity index (χ0) is 16.9. The topological polar surface area (TPSA) is 77.2 Å². The summed E-state index contributed by atoms with van der Waals surface area (Å²) in [7, 11) is 1.90. The number of hydrazone groups is 1. The first-order valence-electron chi connectivity index (χ1n) is 8.33. The summed E-state index contributed by atoms with van der Waals surface area (Å²) in [5, 5.41) is 18.7. The van der Waals surface area contributed by atoms with Crippen LogP contribution >= 0.6 is 0 Å². The molecule has 1 fully saturated rings. The normalized spacial score (nSPS) is 15.9. The average molecular weight is 322 g/mol. The molecule has 24 heavy (non-hydrogen) atoms. The van der Waals surface area contributed by atoms with E-state index in [9.17, 15) is 0 Å². The van der Waals surface area contributed by atoms with Crippen molar-refractivity contribution >= 4 is 17.6 Å². The molecule has 0 radical (unpaired) electrons. The number of hydrogen-bond donors (Lipinski definition) is 1. The van der Waals surface area contributed by atoms with Gasteiger partial charge in [-0.15, -0.1) is 0 Å². The standard InChI is InChI=1S/C18H22N6/c1-13(17-15-8-10-20-18(15)22-12-21-17)11-23-24(2)16(7-9-19)14-5-3-4-6-14/h11-12H,1,3-8,10H2,2H3,(H,20,21,22)/b23-11-. The Hall–Kier alpha value is -2.68. The molecule has 0 spiro atoms. The van der Waals surface area contributed by atoms with Gasteiger partial charge in [0.15, 0.2) is 0 Å². The maximum atomic E-state index is 9.10. The lowest BCUT2D eigenvalue weighted by atomic mass is 10.1. The van der Waals surface area contributed by atoms with Crippen LogP contribution in [-0.4, -0.2) is 34.8 Å². The van der Waals surface area contributed by atoms with Crippen LogP contribution in [0.15, 0.2) is 29.3 Å². The van der Waals surface area contributed by atoms with Crippen LogP contribution in [0.5, 0.6) is 0 Å². The Labute approximate surface area is 142 Å². The summed E-state index contributed by atoms with van der Waals surface area (Å²) >= 11 is 0. The molecule has 1 aromatic rings. The molecule has 2 heterocycles. The lowest BCUT2D eigenvalue weighted by molar-refractivity contribution is 0.433. The lowest BCUT2D eigenvalue weighted by Gasteiger charge is -2.18. The van der Waals surface area contributed by atoms with E-state index < -0.39 is 0 Å². The molecule has 0 bridgehead atoms. The van der Waals surface area contributed by atoms with Crippen LogP contribution < -0.4 is 5.32 Å². The second-order valence-corrected chi connectivity index (χ2v) is 6.11. The van der Waals surface area contributed by atoms with Gasteiger partial charge in [0.25, 0.3) is 0 Å². The van der Waals surface area contributed by atoms with E-state index >= 15 is 0 Å². The molecule has 0 aromatic carbocycles. The second-order valence-electron chi connectivity index (χ2n) is 6.11. The fourth-order valence-electron chi connectivity index (χ4n) is 3.30. The first-order valence-corrected chi connectivity index (χ1v) is 8.33. The van der Waals surface area contributed by atoms with Gasteiger partial charge in [-0.05, 0) is 37.7 Å². The molecule has 0 unspecified atom stereocenters. The monoisotopic (exact) mass is 322 g/mol. The van der Waals surface area contributed by atoms with Gasteiger partial charge in [0.1, 0.15) is 12.1 Å². The molecule has 3 rings (SSSR count). The number of nitrogens with one attached hydrogen (secondary N) is 1. The summed E-state index contributed by atoms with van der Waals surface area (Å²) in [5.74, 6) is 0.890. The smallest absolute Gasteiger partial charge is 0.133 e. The van der Waals surface area contributed by atoms with Crippen molar-refractivity contribution in [2.24, 2.45) is 5.10 Å². The van der Waals surface area contributed by atoms with E-state index in [1.807, 2.05) is 12.1 Å². The molecule has 0 amide bonds. The molecule has 0 saturated heterocycles. The van der Waals surface area contributed by atoms with Gasteiger partial charge in [-0.3, -0.25) is 5.01 Å². The van der Waals surface area contributed by atoms with Crippen LogP contribution in [0.4, 0.5) is 5.82 Å². The molecule has 1 aliphatic heterocycles. The molecule has 0 atom stereocenters. The quantitative estimate of drug-likeness (QED) is 0.666. The number of fused-ring (bicyclic) bond motifs is 1. The Bertz CT molecular complexity index is 732. The van der Waals surface area contributed by atoms with Gasteiger partial charge in [-0.1, -0.05) is 6.58 Å².